The second-order valence-electron chi connectivity index (χ2n) is 6.32. The molecule has 2 aromatic rings. The van der Waals surface area contributed by atoms with Gasteiger partial charge in [0.25, 0.3) is 0 Å². The van der Waals surface area contributed by atoms with Gasteiger partial charge in [0.2, 0.25) is 0 Å². The predicted octanol–water partition coefficient (Wildman–Crippen LogP) is 4.24. The first-order valence-corrected chi connectivity index (χ1v) is 9.95. The molecule has 1 saturated carbocycles. The van der Waals surface area contributed by atoms with Gasteiger partial charge in [-0.3, -0.25) is 9.59 Å². The van der Waals surface area contributed by atoms with E-state index < -0.39 is 11.9 Å². The van der Waals surface area contributed by atoms with Crippen LogP contribution in [0.5, 0.6) is 5.75 Å². The van der Waals surface area contributed by atoms with Gasteiger partial charge in [-0.05, 0) is 31.0 Å². The van der Waals surface area contributed by atoms with Crippen LogP contribution in [0, 0.1) is 5.92 Å². The molecule has 0 atom stereocenters. The van der Waals surface area contributed by atoms with E-state index in [0.717, 1.165) is 5.56 Å². The normalized spacial score (nSPS) is 15.2. The number of aliphatic imine (C=N–C) groups is 1. The van der Waals surface area contributed by atoms with Gasteiger partial charge in [0.15, 0.2) is 0 Å². The number of nitrogens with zero attached hydrogens (tertiary/aromatic N) is 1. The molecular weight excluding hydrogens is 378 g/mol. The molecule has 6 nitrogen and oxygen atoms in total. The van der Waals surface area contributed by atoms with Gasteiger partial charge in [0.1, 0.15) is 33.8 Å². The molecule has 1 aliphatic rings. The number of ketones is 2. The summed E-state index contributed by atoms with van der Waals surface area (Å²) in [6.07, 6.45) is 2.73. The largest absolute Gasteiger partial charge is 0.497 e. The Hall–Kier alpha value is -2.80. The molecule has 1 heterocycles. The molecule has 0 amide bonds. The van der Waals surface area contributed by atoms with Crippen molar-refractivity contribution in [1.82, 2.24) is 0 Å². The standard InChI is InChI=1S/C21H21NO5S/c1-3-27-21(25)19-16(13-7-9-14(26-2)10-8-13)12-28-20(19)22-11-15-17(23)5-4-6-18(15)24/h7-12,15H,3-6H2,1-2H3. The Kier molecular flexibility index (Phi) is 6.36. The minimum Gasteiger partial charge on any atom is -0.497 e. The number of carbonyl (C=O) groups is 3. The maximum Gasteiger partial charge on any atom is 0.341 e. The number of Topliss-reactive ketones (excluding diaryl/α,β-unsaturated/α-hetero) is 2. The molecular formula is C21H21NO5S. The molecule has 1 aliphatic carbocycles. The van der Waals surface area contributed by atoms with Crippen molar-refractivity contribution < 1.29 is 23.9 Å². The summed E-state index contributed by atoms with van der Waals surface area (Å²) in [5.74, 6) is -0.836. The van der Waals surface area contributed by atoms with Crippen LogP contribution in [0.2, 0.25) is 0 Å². The van der Waals surface area contributed by atoms with Gasteiger partial charge in [-0.25, -0.2) is 9.79 Å². The Balaban J connectivity index is 1.97. The lowest BCUT2D eigenvalue weighted by Gasteiger charge is -2.14. The van der Waals surface area contributed by atoms with Crippen LogP contribution >= 0.6 is 11.3 Å². The van der Waals surface area contributed by atoms with Crippen LogP contribution in [0.3, 0.4) is 0 Å². The molecule has 146 valence electrons. The highest BCUT2D eigenvalue weighted by molar-refractivity contribution is 7.14. The Bertz CT molecular complexity index is 897. The van der Waals surface area contributed by atoms with Crippen LogP contribution in [0.25, 0.3) is 11.1 Å². The SMILES string of the molecule is CCOC(=O)c1c(-c2ccc(OC)cc2)csc1N=CC1C(=O)CCCC1=O. The number of hydrogen-bond acceptors (Lipinski definition) is 7. The molecule has 0 bridgehead atoms. The topological polar surface area (TPSA) is 82.0 Å². The highest BCUT2D eigenvalue weighted by Gasteiger charge is 2.29. The number of esters is 1. The molecule has 1 aromatic carbocycles. The smallest absolute Gasteiger partial charge is 0.341 e. The van der Waals surface area contributed by atoms with Gasteiger partial charge in [0.05, 0.1) is 13.7 Å². The summed E-state index contributed by atoms with van der Waals surface area (Å²) in [4.78, 5) is 41.0. The van der Waals surface area contributed by atoms with Crippen LogP contribution in [0.15, 0.2) is 34.6 Å². The fraction of sp³-hybridized carbons (Fsp3) is 0.333. The summed E-state index contributed by atoms with van der Waals surface area (Å²) in [5, 5.41) is 2.25. The first-order chi connectivity index (χ1) is 13.5. The van der Waals surface area contributed by atoms with E-state index in [2.05, 4.69) is 4.99 Å². The van der Waals surface area contributed by atoms with E-state index in [1.807, 2.05) is 29.6 Å². The summed E-state index contributed by atoms with van der Waals surface area (Å²) in [5.41, 5.74) is 1.86. The number of methoxy groups -OCH3 is 1. The van der Waals surface area contributed by atoms with Crippen LogP contribution < -0.4 is 4.74 Å². The first kappa shape index (κ1) is 19.9. The molecule has 0 aliphatic heterocycles. The van der Waals surface area contributed by atoms with E-state index in [1.165, 1.54) is 17.6 Å². The van der Waals surface area contributed by atoms with Gasteiger partial charge in [-0.2, -0.15) is 0 Å². The Morgan fingerprint density at radius 3 is 2.50 bits per heavy atom. The van der Waals surface area contributed by atoms with Crippen LogP contribution in [0.4, 0.5) is 5.00 Å². The monoisotopic (exact) mass is 399 g/mol. The second-order valence-corrected chi connectivity index (χ2v) is 7.18. The number of ether oxygens (including phenoxy) is 2. The van der Waals surface area contributed by atoms with Crippen molar-refractivity contribution in [2.24, 2.45) is 10.9 Å². The van der Waals surface area contributed by atoms with Gasteiger partial charge >= 0.3 is 5.97 Å². The third-order valence-corrected chi connectivity index (χ3v) is 5.42. The Labute approximate surface area is 167 Å². The molecule has 0 unspecified atom stereocenters. The zero-order valence-corrected chi connectivity index (χ0v) is 16.6. The molecule has 28 heavy (non-hydrogen) atoms. The van der Waals surface area contributed by atoms with Gasteiger partial charge in [-0.15, -0.1) is 11.3 Å². The fourth-order valence-corrected chi connectivity index (χ4v) is 3.98. The third-order valence-electron chi connectivity index (χ3n) is 4.53. The van der Waals surface area contributed by atoms with E-state index in [-0.39, 0.29) is 18.2 Å². The van der Waals surface area contributed by atoms with E-state index in [1.54, 1.807) is 14.0 Å². The van der Waals surface area contributed by atoms with Gasteiger partial charge < -0.3 is 9.47 Å². The van der Waals surface area contributed by atoms with E-state index in [4.69, 9.17) is 9.47 Å². The van der Waals surface area contributed by atoms with Crippen molar-refractivity contribution in [2.75, 3.05) is 13.7 Å². The van der Waals surface area contributed by atoms with E-state index in [0.29, 0.717) is 41.1 Å². The molecule has 1 fully saturated rings. The maximum atomic E-state index is 12.6. The number of hydrogen-bond donors (Lipinski definition) is 0. The molecule has 0 radical (unpaired) electrons. The Morgan fingerprint density at radius 2 is 1.89 bits per heavy atom. The van der Waals surface area contributed by atoms with Crippen molar-refractivity contribution in [2.45, 2.75) is 26.2 Å². The maximum absolute atomic E-state index is 12.6. The summed E-state index contributed by atoms with van der Waals surface area (Å²) in [6, 6.07) is 7.32. The number of thiophene rings is 1. The first-order valence-electron chi connectivity index (χ1n) is 9.07. The zero-order valence-electron chi connectivity index (χ0n) is 15.8. The summed E-state index contributed by atoms with van der Waals surface area (Å²) < 4.78 is 10.4. The van der Waals surface area contributed by atoms with E-state index >= 15 is 0 Å². The molecule has 1 aromatic heterocycles. The number of rotatable bonds is 6. The van der Waals surface area contributed by atoms with Crippen molar-refractivity contribution in [3.8, 4) is 16.9 Å². The second kappa shape index (κ2) is 8.93. The highest BCUT2D eigenvalue weighted by Crippen LogP contribution is 2.38. The molecule has 0 spiro atoms. The lowest BCUT2D eigenvalue weighted by Crippen LogP contribution is -2.29. The fourth-order valence-electron chi connectivity index (χ4n) is 3.06. The summed E-state index contributed by atoms with van der Waals surface area (Å²) >= 11 is 1.27. The number of carbonyl (C=O) groups excluding carboxylic acids is 3. The molecule has 0 N–H and O–H groups in total. The lowest BCUT2D eigenvalue weighted by atomic mass is 9.88. The van der Waals surface area contributed by atoms with E-state index in [9.17, 15) is 14.4 Å². The average Bonchev–Trinajstić information content (AvgIpc) is 3.12. The van der Waals surface area contributed by atoms with Crippen molar-refractivity contribution in [1.29, 1.82) is 0 Å². The summed E-state index contributed by atoms with van der Waals surface area (Å²) in [7, 11) is 1.59. The van der Waals surface area contributed by atoms with Gasteiger partial charge in [0, 0.05) is 30.0 Å². The highest BCUT2D eigenvalue weighted by atomic mass is 32.1. The van der Waals surface area contributed by atoms with Crippen LogP contribution in [-0.2, 0) is 14.3 Å². The molecule has 0 saturated heterocycles. The quantitative estimate of drug-likeness (QED) is 0.412. The molecule has 3 rings (SSSR count). The minimum absolute atomic E-state index is 0.121. The Morgan fingerprint density at radius 1 is 1.21 bits per heavy atom. The van der Waals surface area contributed by atoms with Crippen molar-refractivity contribution >= 4 is 40.1 Å². The zero-order chi connectivity index (χ0) is 20.1. The van der Waals surface area contributed by atoms with Crippen LogP contribution in [-0.4, -0.2) is 37.5 Å². The molecule has 7 heteroatoms. The summed E-state index contributed by atoms with van der Waals surface area (Å²) in [6.45, 7) is 1.97. The predicted molar refractivity (Wildman–Crippen MR) is 108 cm³/mol. The van der Waals surface area contributed by atoms with Gasteiger partial charge in [-0.1, -0.05) is 12.1 Å². The van der Waals surface area contributed by atoms with Crippen LogP contribution in [0.1, 0.15) is 36.5 Å². The lowest BCUT2D eigenvalue weighted by molar-refractivity contribution is -0.132. The van der Waals surface area contributed by atoms with Crippen molar-refractivity contribution in [3.05, 3.63) is 35.2 Å². The minimum atomic E-state index is -0.824. The van der Waals surface area contributed by atoms with Crippen molar-refractivity contribution in [3.63, 3.8) is 0 Å². The average molecular weight is 399 g/mol. The number of benzene rings is 1. The third kappa shape index (κ3) is 4.20.